The van der Waals surface area contributed by atoms with Crippen LogP contribution in [0.4, 0.5) is 0 Å². The van der Waals surface area contributed by atoms with Crippen molar-refractivity contribution >= 4 is 54.9 Å². The van der Waals surface area contributed by atoms with Crippen molar-refractivity contribution in [2.24, 2.45) is 0 Å². The Kier molecular flexibility index (Phi) is 2.39. The van der Waals surface area contributed by atoms with Crippen molar-refractivity contribution in [3.05, 3.63) is 121 Å². The van der Waals surface area contributed by atoms with Gasteiger partial charge in [-0.25, -0.2) is 0 Å². The molecule has 0 radical (unpaired) electrons. The number of fused-ring (bicyclic) bond motifs is 6. The average Bonchev–Trinajstić information content (AvgIpc) is 3.06. The van der Waals surface area contributed by atoms with E-state index in [4.69, 9.17) is 12.3 Å². The molecule has 0 bridgehead atoms. The highest BCUT2D eigenvalue weighted by Gasteiger charge is 2.22. The summed E-state index contributed by atoms with van der Waals surface area (Å²) >= 11 is 1.61. The van der Waals surface area contributed by atoms with Gasteiger partial charge in [0.1, 0.15) is 0 Å². The highest BCUT2D eigenvalue weighted by Crippen LogP contribution is 2.51. The highest BCUT2D eigenvalue weighted by atomic mass is 32.2. The van der Waals surface area contributed by atoms with Crippen LogP contribution in [0.15, 0.2) is 131 Å². The number of benzene rings is 7. The summed E-state index contributed by atoms with van der Waals surface area (Å²) in [6.07, 6.45) is 0. The Labute approximate surface area is 223 Å². The zero-order valence-electron chi connectivity index (χ0n) is 29.1. The maximum Gasteiger partial charge on any atom is 0.0636 e. The third kappa shape index (κ3) is 2.70. The van der Waals surface area contributed by atoms with Crippen LogP contribution in [0, 0.1) is 0 Å². The van der Waals surface area contributed by atoms with Gasteiger partial charge in [-0.05, 0) is 78.1 Å². The average molecular weight is 472 g/mol. The molecule has 0 unspecified atom stereocenters. The van der Waals surface area contributed by atoms with Gasteiger partial charge in [-0.3, -0.25) is 0 Å². The molecule has 1 heterocycles. The van der Waals surface area contributed by atoms with E-state index >= 15 is 0 Å². The lowest BCUT2D eigenvalue weighted by Gasteiger charge is -2.22. The van der Waals surface area contributed by atoms with Crippen LogP contribution in [0.2, 0.25) is 0 Å². The number of hydrogen-bond donors (Lipinski definition) is 0. The molecule has 8 rings (SSSR count). The first kappa shape index (κ1) is 11.6. The van der Waals surface area contributed by atoms with Crippen molar-refractivity contribution < 1.29 is 15.1 Å². The third-order valence-electron chi connectivity index (χ3n) is 6.61. The summed E-state index contributed by atoms with van der Waals surface area (Å²) in [5.74, 6) is 0. The molecule has 0 amide bonds. The molecule has 7 aromatic carbocycles. The Hall–Kier alpha value is -4.07. The summed E-state index contributed by atoms with van der Waals surface area (Å²) in [5.41, 5.74) is 2.75. The molecule has 0 nitrogen and oxygen atoms in total. The van der Waals surface area contributed by atoms with Gasteiger partial charge >= 0.3 is 0 Å². The first-order valence-corrected chi connectivity index (χ1v) is 12.0. The molecule has 0 spiro atoms. The van der Waals surface area contributed by atoms with Crippen LogP contribution in [0.5, 0.6) is 0 Å². The van der Waals surface area contributed by atoms with Gasteiger partial charge < -0.3 is 0 Å². The molecule has 0 aromatic heterocycles. The molecule has 0 saturated carbocycles. The van der Waals surface area contributed by atoms with Crippen molar-refractivity contribution in [3.8, 4) is 22.3 Å². The molecular weight excluding hydrogens is 440 g/mol. The standard InChI is InChI=1S/C34H20S/c1-3-10-23-21(8-1)16-17-29-30(23)20-22-9-2-4-11-24(22)33(29)28-18-19-32-34-26(13-7-14-27(28)34)25-12-5-6-15-31(25)35-32/h1-20H/i1D,2D,3D,4D,8D,9D,10D,11D,16D,17D,20D. The Morgan fingerprint density at radius 2 is 1.29 bits per heavy atom. The second-order valence-electron chi connectivity index (χ2n) is 8.44. The van der Waals surface area contributed by atoms with E-state index in [1.54, 1.807) is 11.8 Å². The Morgan fingerprint density at radius 1 is 0.486 bits per heavy atom. The maximum absolute atomic E-state index is 9.34. The molecule has 0 N–H and O–H groups in total. The lowest BCUT2D eigenvalue weighted by Crippen LogP contribution is -1.95. The van der Waals surface area contributed by atoms with E-state index in [0.717, 1.165) is 31.7 Å². The van der Waals surface area contributed by atoms with Crippen LogP contribution < -0.4 is 0 Å². The molecule has 0 fully saturated rings. The molecular formula is C34H20S. The van der Waals surface area contributed by atoms with Gasteiger partial charge in [-0.2, -0.15) is 0 Å². The monoisotopic (exact) mass is 471 g/mol. The van der Waals surface area contributed by atoms with E-state index in [0.29, 0.717) is 5.56 Å². The minimum atomic E-state index is -0.569. The molecule has 0 aliphatic carbocycles. The molecule has 1 heteroatoms. The van der Waals surface area contributed by atoms with Gasteiger partial charge in [0.05, 0.1) is 15.1 Å². The van der Waals surface area contributed by atoms with Crippen LogP contribution in [0.1, 0.15) is 15.1 Å². The molecule has 162 valence electrons. The first-order chi connectivity index (χ1) is 22.0. The fraction of sp³-hybridized carbons (Fsp3) is 0. The van der Waals surface area contributed by atoms with Crippen LogP contribution in [-0.4, -0.2) is 0 Å². The van der Waals surface area contributed by atoms with Gasteiger partial charge in [0, 0.05) is 15.2 Å². The minimum absolute atomic E-state index is 0.0150. The van der Waals surface area contributed by atoms with Crippen molar-refractivity contribution in [1.82, 2.24) is 0 Å². The van der Waals surface area contributed by atoms with E-state index in [9.17, 15) is 2.74 Å². The van der Waals surface area contributed by atoms with E-state index < -0.39 is 66.5 Å². The van der Waals surface area contributed by atoms with Crippen molar-refractivity contribution in [1.29, 1.82) is 0 Å². The van der Waals surface area contributed by atoms with Crippen LogP contribution in [0.25, 0.3) is 65.3 Å². The molecule has 1 aliphatic heterocycles. The predicted octanol–water partition coefficient (Wildman–Crippen LogP) is 10.1. The largest absolute Gasteiger partial charge is 0.0888 e. The van der Waals surface area contributed by atoms with E-state index in [2.05, 4.69) is 6.07 Å². The number of rotatable bonds is 1. The van der Waals surface area contributed by atoms with Crippen molar-refractivity contribution in [3.63, 3.8) is 0 Å². The summed E-state index contributed by atoms with van der Waals surface area (Å²) in [4.78, 5) is 2.07. The quantitative estimate of drug-likeness (QED) is 0.169. The fourth-order valence-electron chi connectivity index (χ4n) is 5.13. The zero-order chi connectivity index (χ0) is 32.5. The Bertz CT molecular complexity index is 2580. The van der Waals surface area contributed by atoms with Crippen molar-refractivity contribution in [2.75, 3.05) is 0 Å². The van der Waals surface area contributed by atoms with Gasteiger partial charge in [0.2, 0.25) is 0 Å². The number of hydrogen-bond acceptors (Lipinski definition) is 1. The normalized spacial score (nSPS) is 16.9. The van der Waals surface area contributed by atoms with Gasteiger partial charge in [0.25, 0.3) is 0 Å². The second kappa shape index (κ2) is 7.21. The summed E-state index contributed by atoms with van der Waals surface area (Å²) in [6, 6.07) is 12.3. The van der Waals surface area contributed by atoms with Crippen LogP contribution >= 0.6 is 11.8 Å². The smallest absolute Gasteiger partial charge is 0.0636 e. The topological polar surface area (TPSA) is 0 Å². The lowest BCUT2D eigenvalue weighted by molar-refractivity contribution is 1.40. The van der Waals surface area contributed by atoms with E-state index in [-0.39, 0.29) is 37.9 Å². The first-order valence-electron chi connectivity index (χ1n) is 16.6. The van der Waals surface area contributed by atoms with Gasteiger partial charge in [-0.15, -0.1) is 0 Å². The molecule has 0 atom stereocenters. The molecule has 7 aromatic rings. The summed E-state index contributed by atoms with van der Waals surface area (Å²) in [5, 5.41) is 1.17. The van der Waals surface area contributed by atoms with Gasteiger partial charge in [0.15, 0.2) is 0 Å². The minimum Gasteiger partial charge on any atom is -0.0888 e. The predicted molar refractivity (Wildman–Crippen MR) is 151 cm³/mol. The summed E-state index contributed by atoms with van der Waals surface area (Å²) in [7, 11) is 0. The van der Waals surface area contributed by atoms with E-state index in [1.807, 2.05) is 48.5 Å². The van der Waals surface area contributed by atoms with Crippen molar-refractivity contribution in [2.45, 2.75) is 9.79 Å². The third-order valence-corrected chi connectivity index (χ3v) is 7.74. The summed E-state index contributed by atoms with van der Waals surface area (Å²) in [6.45, 7) is 0. The van der Waals surface area contributed by atoms with Crippen LogP contribution in [-0.2, 0) is 0 Å². The van der Waals surface area contributed by atoms with Crippen LogP contribution in [0.3, 0.4) is 0 Å². The molecule has 0 saturated heterocycles. The van der Waals surface area contributed by atoms with E-state index in [1.165, 1.54) is 0 Å². The zero-order valence-corrected chi connectivity index (χ0v) is 18.9. The molecule has 35 heavy (non-hydrogen) atoms. The lowest BCUT2D eigenvalue weighted by atomic mass is 9.86. The fourth-order valence-corrected chi connectivity index (χ4v) is 6.26. The highest BCUT2D eigenvalue weighted by molar-refractivity contribution is 7.99. The van der Waals surface area contributed by atoms with Gasteiger partial charge in [-0.1, -0.05) is 115 Å². The molecule has 1 aliphatic rings. The Morgan fingerprint density at radius 3 is 2.23 bits per heavy atom. The SMILES string of the molecule is [2H]c1c([2H])c([2H])c2c([2H])c3c(c([2H])c([2H])c4c([2H])c([2H])c([2H])c([2H])c43)c(-c3ccc4c5c(cccc35)-c3ccccc3S4)c2c1[2H]. The maximum atomic E-state index is 9.34. The summed E-state index contributed by atoms with van der Waals surface area (Å²) < 4.78 is 96.6. The second-order valence-corrected chi connectivity index (χ2v) is 9.52. The Balaban J connectivity index is 1.70.